The van der Waals surface area contributed by atoms with Gasteiger partial charge < -0.3 is 40.3 Å². The fourth-order valence-corrected chi connectivity index (χ4v) is 11.5. The molecule has 7 unspecified atom stereocenters. The molecule has 500 valence electrons. The molecule has 0 spiro atoms. The van der Waals surface area contributed by atoms with E-state index in [1.165, 1.54) is 250 Å². The average Bonchev–Trinajstić information content (AvgIpc) is 2.36. The maximum atomic E-state index is 13.1. The number of rotatable bonds is 64. The van der Waals surface area contributed by atoms with Gasteiger partial charge in [-0.15, -0.1) is 0 Å². The number of hydrogen-bond donors (Lipinski definition) is 6. The van der Waals surface area contributed by atoms with E-state index in [1.54, 1.807) is 6.08 Å². The summed E-state index contributed by atoms with van der Waals surface area (Å²) >= 11 is 0. The minimum absolute atomic E-state index is 0.181. The fraction of sp³-hybridized carbons (Fsp3) is 0.805. The number of unbranched alkanes of at least 4 members (excludes halogenated alkanes) is 42. The van der Waals surface area contributed by atoms with E-state index in [-0.39, 0.29) is 12.5 Å². The van der Waals surface area contributed by atoms with Crippen LogP contribution in [-0.2, 0) is 14.3 Å². The number of ether oxygens (including phenoxy) is 2. The van der Waals surface area contributed by atoms with Crippen LogP contribution >= 0.6 is 0 Å². The third-order valence-electron chi connectivity index (χ3n) is 17.2. The average molecular weight is 1210 g/mol. The summed E-state index contributed by atoms with van der Waals surface area (Å²) in [6, 6.07) is -0.824. The number of aliphatic hydroxyl groups is 5. The van der Waals surface area contributed by atoms with Gasteiger partial charge in [0.1, 0.15) is 24.4 Å². The Balaban J connectivity index is 2.07. The lowest BCUT2D eigenvalue weighted by molar-refractivity contribution is -0.302. The molecule has 1 saturated heterocycles. The van der Waals surface area contributed by atoms with Gasteiger partial charge in [0.2, 0.25) is 5.91 Å². The number of amides is 1. The summed E-state index contributed by atoms with van der Waals surface area (Å²) in [5.74, 6) is -0.181. The lowest BCUT2D eigenvalue weighted by atomic mass is 9.99. The highest BCUT2D eigenvalue weighted by molar-refractivity contribution is 5.76. The number of carbonyl (C=O) groups excluding carboxylic acids is 1. The van der Waals surface area contributed by atoms with Gasteiger partial charge in [0.05, 0.1) is 25.4 Å². The van der Waals surface area contributed by atoms with Crippen LogP contribution in [0.3, 0.4) is 0 Å². The zero-order valence-electron chi connectivity index (χ0n) is 56.1. The van der Waals surface area contributed by atoms with Crippen LogP contribution in [0.4, 0.5) is 0 Å². The predicted molar refractivity (Wildman–Crippen MR) is 368 cm³/mol. The molecular formula is C77H139NO8. The summed E-state index contributed by atoms with van der Waals surface area (Å²) in [4.78, 5) is 13.1. The fourth-order valence-electron chi connectivity index (χ4n) is 11.5. The van der Waals surface area contributed by atoms with Crippen molar-refractivity contribution in [1.29, 1.82) is 0 Å². The van der Waals surface area contributed by atoms with Crippen molar-refractivity contribution in [3.8, 4) is 0 Å². The summed E-state index contributed by atoms with van der Waals surface area (Å²) in [7, 11) is 0. The molecular weight excluding hydrogens is 1070 g/mol. The first-order valence-corrected chi connectivity index (χ1v) is 36.8. The van der Waals surface area contributed by atoms with Gasteiger partial charge in [0.15, 0.2) is 6.29 Å². The van der Waals surface area contributed by atoms with Crippen LogP contribution in [0.1, 0.15) is 341 Å². The molecule has 0 radical (unpaired) electrons. The molecule has 0 aromatic carbocycles. The standard InChI is InChI=1S/C77H139NO8/c1-3-5-7-9-11-13-15-17-19-21-23-25-27-28-29-30-31-32-33-34-35-36-37-38-39-40-41-42-43-44-45-47-49-51-53-55-57-59-61-63-65-67-73(81)78-70(69-85-77-76(84)75(83)74(82)72(68-79)86-77)71(80)66-64-62-60-58-56-54-52-50-48-46-26-24-22-20-18-16-14-12-10-8-6-4-2/h5,7,11,13,17,19,23,25,28-29,56,58,64,66,70-72,74-77,79-80,82-84H,3-4,6,8-10,12,14-16,18,20-22,24,26-27,30-55,57,59-63,65,67-69H2,1-2H3,(H,78,81)/b7-5-,13-11-,19-17-,25-23-,29-28-,58-56+,66-64+. The molecule has 0 aromatic rings. The minimum atomic E-state index is -1.57. The molecule has 9 nitrogen and oxygen atoms in total. The van der Waals surface area contributed by atoms with Gasteiger partial charge >= 0.3 is 0 Å². The van der Waals surface area contributed by atoms with E-state index in [0.29, 0.717) is 6.42 Å². The Kier molecular flexibility index (Phi) is 61.8. The summed E-state index contributed by atoms with van der Waals surface area (Å²) in [6.45, 7) is 3.69. The lowest BCUT2D eigenvalue weighted by Crippen LogP contribution is -2.60. The van der Waals surface area contributed by atoms with Crippen molar-refractivity contribution in [1.82, 2.24) is 5.32 Å². The molecule has 86 heavy (non-hydrogen) atoms. The highest BCUT2D eigenvalue weighted by atomic mass is 16.7. The Labute approximate surface area is 531 Å². The second kappa shape index (κ2) is 65.3. The van der Waals surface area contributed by atoms with Gasteiger partial charge in [-0.1, -0.05) is 343 Å². The second-order valence-corrected chi connectivity index (χ2v) is 25.3. The predicted octanol–water partition coefficient (Wildman–Crippen LogP) is 20.5. The molecule has 0 aliphatic carbocycles. The summed E-state index contributed by atoms with van der Waals surface area (Å²) < 4.78 is 11.3. The molecule has 1 aliphatic rings. The molecule has 0 bridgehead atoms. The van der Waals surface area contributed by atoms with Crippen LogP contribution in [0, 0.1) is 0 Å². The topological polar surface area (TPSA) is 149 Å². The Morgan fingerprint density at radius 1 is 0.407 bits per heavy atom. The Bertz CT molecular complexity index is 1640. The van der Waals surface area contributed by atoms with Gasteiger partial charge in [0.25, 0.3) is 0 Å². The zero-order chi connectivity index (χ0) is 62.1. The van der Waals surface area contributed by atoms with Crippen LogP contribution in [0.15, 0.2) is 85.1 Å². The van der Waals surface area contributed by atoms with Crippen molar-refractivity contribution < 1.29 is 39.8 Å². The quantitative estimate of drug-likeness (QED) is 0.0261. The van der Waals surface area contributed by atoms with E-state index in [0.717, 1.165) is 70.6 Å². The Hall–Kier alpha value is -2.63. The minimum Gasteiger partial charge on any atom is -0.394 e. The molecule has 1 fully saturated rings. The number of nitrogens with one attached hydrogen (secondary N) is 1. The molecule has 7 atom stereocenters. The SMILES string of the molecule is CC/C=C\C/C=C\C/C=C\C/C=C\C/C=C\CCCCCCCCCCCCCCCCCCCCCCCCCCCC(=O)NC(COC1OC(CO)C(O)C(O)C1O)C(O)/C=C/CC/C=C/CCCCCCCCCCCCCCCCCC. The molecule has 1 aliphatic heterocycles. The van der Waals surface area contributed by atoms with E-state index in [2.05, 4.69) is 92.1 Å². The smallest absolute Gasteiger partial charge is 0.220 e. The first kappa shape index (κ1) is 81.4. The maximum absolute atomic E-state index is 13.1. The van der Waals surface area contributed by atoms with Crippen molar-refractivity contribution in [2.24, 2.45) is 0 Å². The highest BCUT2D eigenvalue weighted by Gasteiger charge is 2.44. The van der Waals surface area contributed by atoms with Crippen LogP contribution in [0.25, 0.3) is 0 Å². The number of allylic oxidation sites excluding steroid dienone is 13. The molecule has 9 heteroatoms. The van der Waals surface area contributed by atoms with Crippen molar-refractivity contribution in [2.45, 2.75) is 384 Å². The highest BCUT2D eigenvalue weighted by Crippen LogP contribution is 2.23. The number of carbonyl (C=O) groups is 1. The Morgan fingerprint density at radius 3 is 1.12 bits per heavy atom. The molecule has 0 saturated carbocycles. The summed E-state index contributed by atoms with van der Waals surface area (Å²) in [5, 5.41) is 54.7. The molecule has 1 rings (SSSR count). The van der Waals surface area contributed by atoms with Gasteiger partial charge in [-0.05, 0) is 77.0 Å². The van der Waals surface area contributed by atoms with Crippen LogP contribution in [0.2, 0.25) is 0 Å². The lowest BCUT2D eigenvalue weighted by Gasteiger charge is -2.40. The van der Waals surface area contributed by atoms with Gasteiger partial charge in [0, 0.05) is 6.42 Å². The van der Waals surface area contributed by atoms with Crippen LogP contribution < -0.4 is 5.32 Å². The van der Waals surface area contributed by atoms with Crippen molar-refractivity contribution in [2.75, 3.05) is 13.2 Å². The summed E-state index contributed by atoms with van der Waals surface area (Å²) in [5.41, 5.74) is 0. The van der Waals surface area contributed by atoms with E-state index in [4.69, 9.17) is 9.47 Å². The number of aliphatic hydroxyl groups excluding tert-OH is 5. The van der Waals surface area contributed by atoms with Gasteiger partial charge in [-0.2, -0.15) is 0 Å². The van der Waals surface area contributed by atoms with E-state index in [1.807, 2.05) is 6.08 Å². The first-order valence-electron chi connectivity index (χ1n) is 36.8. The molecule has 1 amide bonds. The molecule has 1 heterocycles. The first-order chi connectivity index (χ1) is 42.3. The second-order valence-electron chi connectivity index (χ2n) is 25.3. The van der Waals surface area contributed by atoms with Gasteiger partial charge in [-0.25, -0.2) is 0 Å². The van der Waals surface area contributed by atoms with E-state index < -0.39 is 49.5 Å². The summed E-state index contributed by atoms with van der Waals surface area (Å²) in [6.07, 6.45) is 87.1. The third-order valence-corrected chi connectivity index (χ3v) is 17.2. The van der Waals surface area contributed by atoms with Gasteiger partial charge in [-0.3, -0.25) is 4.79 Å². The normalized spacial score (nSPS) is 18.5. The third kappa shape index (κ3) is 53.2. The monoisotopic (exact) mass is 1210 g/mol. The van der Waals surface area contributed by atoms with Crippen LogP contribution in [0.5, 0.6) is 0 Å². The zero-order valence-corrected chi connectivity index (χ0v) is 56.1. The largest absolute Gasteiger partial charge is 0.394 e. The van der Waals surface area contributed by atoms with E-state index >= 15 is 0 Å². The van der Waals surface area contributed by atoms with Crippen molar-refractivity contribution in [3.05, 3.63) is 85.1 Å². The molecule has 6 N–H and O–H groups in total. The Morgan fingerprint density at radius 2 is 0.733 bits per heavy atom. The van der Waals surface area contributed by atoms with Crippen LogP contribution in [-0.4, -0.2) is 87.5 Å². The molecule has 0 aromatic heterocycles. The van der Waals surface area contributed by atoms with E-state index in [9.17, 15) is 30.3 Å². The number of hydrogen-bond acceptors (Lipinski definition) is 8. The van der Waals surface area contributed by atoms with Crippen molar-refractivity contribution >= 4 is 5.91 Å². The van der Waals surface area contributed by atoms with Crippen molar-refractivity contribution in [3.63, 3.8) is 0 Å². The maximum Gasteiger partial charge on any atom is 0.220 e.